The second kappa shape index (κ2) is 8.71. The minimum absolute atomic E-state index is 0.0359. The van der Waals surface area contributed by atoms with E-state index in [0.29, 0.717) is 13.1 Å². The van der Waals surface area contributed by atoms with Crippen molar-refractivity contribution in [1.82, 2.24) is 9.80 Å². The molecule has 0 N–H and O–H groups in total. The van der Waals surface area contributed by atoms with Crippen molar-refractivity contribution < 1.29 is 18.7 Å². The molecular formula is C20H30N2O4. The van der Waals surface area contributed by atoms with E-state index in [4.69, 9.17) is 9.15 Å². The molecule has 0 aromatic carbocycles. The number of rotatable bonds is 9. The third kappa shape index (κ3) is 4.87. The van der Waals surface area contributed by atoms with Crippen molar-refractivity contribution in [2.24, 2.45) is 5.92 Å². The third-order valence-electron chi connectivity index (χ3n) is 5.37. The topological polar surface area (TPSA) is 63.0 Å². The van der Waals surface area contributed by atoms with Gasteiger partial charge in [0.25, 0.3) is 0 Å². The Hall–Kier alpha value is -1.82. The zero-order valence-corrected chi connectivity index (χ0v) is 15.9. The Morgan fingerprint density at radius 1 is 1.31 bits per heavy atom. The fourth-order valence-corrected chi connectivity index (χ4v) is 3.36. The number of carbonyl (C=O) groups excluding carboxylic acids is 2. The summed E-state index contributed by atoms with van der Waals surface area (Å²) in [7, 11) is 0. The highest BCUT2D eigenvalue weighted by atomic mass is 16.5. The second-order valence-corrected chi connectivity index (χ2v) is 7.49. The summed E-state index contributed by atoms with van der Waals surface area (Å²) < 4.78 is 11.1. The second-order valence-electron chi connectivity index (χ2n) is 7.49. The number of hydrogen-bond acceptors (Lipinski definition) is 4. The molecule has 1 saturated carbocycles. The van der Waals surface area contributed by atoms with Crippen LogP contribution in [0.1, 0.15) is 51.7 Å². The number of carbonyl (C=O) groups is 2. The van der Waals surface area contributed by atoms with E-state index in [0.717, 1.165) is 44.5 Å². The van der Waals surface area contributed by atoms with Crippen molar-refractivity contribution in [2.45, 2.75) is 64.6 Å². The molecule has 1 aromatic rings. The number of hydrogen-bond donors (Lipinski definition) is 0. The minimum Gasteiger partial charge on any atom is -0.467 e. The summed E-state index contributed by atoms with van der Waals surface area (Å²) in [5.74, 6) is 0.961. The SMILES string of the molecule is CC[C@@H](C)N(CC(=O)N(Cc1ccco1)C[C@H]1CCCO1)C(=O)C1CC1. The molecule has 2 amide bonds. The standard InChI is InChI=1S/C20H30N2O4/c1-3-15(2)22(20(24)16-8-9-16)14-19(23)21(12-17-6-4-10-25-17)13-18-7-5-11-26-18/h4,6,10,15-16,18H,3,5,7-9,11-14H2,1-2H3/t15-,18-/m1/s1. The monoisotopic (exact) mass is 362 g/mol. The predicted molar refractivity (Wildman–Crippen MR) is 97.3 cm³/mol. The third-order valence-corrected chi connectivity index (χ3v) is 5.37. The molecule has 2 heterocycles. The Kier molecular flexibility index (Phi) is 6.35. The van der Waals surface area contributed by atoms with Crippen molar-refractivity contribution in [3.05, 3.63) is 24.2 Å². The van der Waals surface area contributed by atoms with Crippen molar-refractivity contribution in [2.75, 3.05) is 19.7 Å². The maximum atomic E-state index is 13.1. The smallest absolute Gasteiger partial charge is 0.242 e. The summed E-state index contributed by atoms with van der Waals surface area (Å²) in [6.45, 7) is 5.92. The predicted octanol–water partition coefficient (Wildman–Crippen LogP) is 2.82. The number of ether oxygens (including phenoxy) is 1. The normalized spacial score (nSPS) is 20.8. The van der Waals surface area contributed by atoms with Crippen LogP contribution in [0.2, 0.25) is 0 Å². The van der Waals surface area contributed by atoms with Gasteiger partial charge in [0, 0.05) is 25.1 Å². The molecule has 1 aromatic heterocycles. The lowest BCUT2D eigenvalue weighted by Crippen LogP contribution is -2.48. The van der Waals surface area contributed by atoms with Crippen LogP contribution < -0.4 is 0 Å². The zero-order chi connectivity index (χ0) is 18.5. The fourth-order valence-electron chi connectivity index (χ4n) is 3.36. The molecule has 2 aliphatic rings. The Bertz CT molecular complexity index is 591. The average Bonchev–Trinajstić information content (AvgIpc) is 3.13. The highest BCUT2D eigenvalue weighted by molar-refractivity contribution is 5.87. The Morgan fingerprint density at radius 2 is 2.12 bits per heavy atom. The van der Waals surface area contributed by atoms with Crippen molar-refractivity contribution in [3.8, 4) is 0 Å². The van der Waals surface area contributed by atoms with E-state index in [1.165, 1.54) is 0 Å². The summed E-state index contributed by atoms with van der Waals surface area (Å²) in [6.07, 6.45) is 6.44. The molecule has 0 radical (unpaired) electrons. The molecule has 3 rings (SSSR count). The number of furan rings is 1. The lowest BCUT2D eigenvalue weighted by Gasteiger charge is -2.32. The van der Waals surface area contributed by atoms with Crippen LogP contribution in [-0.4, -0.2) is 53.5 Å². The highest BCUT2D eigenvalue weighted by Gasteiger charge is 2.36. The molecule has 1 aliphatic heterocycles. The lowest BCUT2D eigenvalue weighted by molar-refractivity contribution is -0.144. The lowest BCUT2D eigenvalue weighted by atomic mass is 10.1. The first-order valence-corrected chi connectivity index (χ1v) is 9.80. The summed E-state index contributed by atoms with van der Waals surface area (Å²) in [6, 6.07) is 3.77. The van der Waals surface area contributed by atoms with E-state index in [1.54, 1.807) is 16.1 Å². The van der Waals surface area contributed by atoms with E-state index in [9.17, 15) is 9.59 Å². The minimum atomic E-state index is -0.0359. The molecule has 6 nitrogen and oxygen atoms in total. The number of nitrogens with zero attached hydrogens (tertiary/aromatic N) is 2. The number of amides is 2. The van der Waals surface area contributed by atoms with Crippen LogP contribution in [0.15, 0.2) is 22.8 Å². The van der Waals surface area contributed by atoms with Crippen LogP contribution in [-0.2, 0) is 20.9 Å². The summed E-state index contributed by atoms with van der Waals surface area (Å²) in [5, 5.41) is 0. The van der Waals surface area contributed by atoms with Gasteiger partial charge in [-0.2, -0.15) is 0 Å². The van der Waals surface area contributed by atoms with Gasteiger partial charge < -0.3 is 19.0 Å². The first kappa shape index (κ1) is 19.0. The molecule has 2 atom stereocenters. The van der Waals surface area contributed by atoms with E-state index >= 15 is 0 Å². The van der Waals surface area contributed by atoms with E-state index in [2.05, 4.69) is 6.92 Å². The van der Waals surface area contributed by atoms with Crippen LogP contribution >= 0.6 is 0 Å². The molecule has 0 unspecified atom stereocenters. The molecule has 144 valence electrons. The van der Waals surface area contributed by atoms with Crippen LogP contribution in [0, 0.1) is 5.92 Å². The van der Waals surface area contributed by atoms with Gasteiger partial charge in [-0.15, -0.1) is 0 Å². The van der Waals surface area contributed by atoms with Gasteiger partial charge in [0.05, 0.1) is 18.9 Å². The van der Waals surface area contributed by atoms with Gasteiger partial charge in [0.1, 0.15) is 12.3 Å². The highest BCUT2D eigenvalue weighted by Crippen LogP contribution is 2.32. The first-order chi connectivity index (χ1) is 12.6. The van der Waals surface area contributed by atoms with E-state index in [-0.39, 0.29) is 36.4 Å². The summed E-state index contributed by atoms with van der Waals surface area (Å²) in [5.41, 5.74) is 0. The maximum Gasteiger partial charge on any atom is 0.242 e. The fraction of sp³-hybridized carbons (Fsp3) is 0.700. The van der Waals surface area contributed by atoms with E-state index in [1.807, 2.05) is 19.1 Å². The van der Waals surface area contributed by atoms with Gasteiger partial charge in [-0.05, 0) is 51.2 Å². The maximum absolute atomic E-state index is 13.1. The molecule has 0 spiro atoms. The van der Waals surface area contributed by atoms with Crippen LogP contribution in [0.4, 0.5) is 0 Å². The van der Waals surface area contributed by atoms with Crippen molar-refractivity contribution >= 4 is 11.8 Å². The molecule has 26 heavy (non-hydrogen) atoms. The van der Waals surface area contributed by atoms with Gasteiger partial charge in [-0.25, -0.2) is 0 Å². The van der Waals surface area contributed by atoms with Crippen molar-refractivity contribution in [3.63, 3.8) is 0 Å². The Labute approximate surface area is 155 Å². The Balaban J connectivity index is 1.68. The Morgan fingerprint density at radius 3 is 2.69 bits per heavy atom. The van der Waals surface area contributed by atoms with Gasteiger partial charge in [-0.1, -0.05) is 6.92 Å². The van der Waals surface area contributed by atoms with Gasteiger partial charge >= 0.3 is 0 Å². The van der Waals surface area contributed by atoms with Crippen LogP contribution in [0.5, 0.6) is 0 Å². The molecule has 1 aliphatic carbocycles. The quantitative estimate of drug-likeness (QED) is 0.678. The van der Waals surface area contributed by atoms with Gasteiger partial charge in [0.2, 0.25) is 11.8 Å². The summed E-state index contributed by atoms with van der Waals surface area (Å²) >= 11 is 0. The van der Waals surface area contributed by atoms with E-state index < -0.39 is 0 Å². The van der Waals surface area contributed by atoms with Crippen molar-refractivity contribution in [1.29, 1.82) is 0 Å². The van der Waals surface area contributed by atoms with Crippen LogP contribution in [0.3, 0.4) is 0 Å². The first-order valence-electron chi connectivity index (χ1n) is 9.80. The molecule has 1 saturated heterocycles. The molecule has 0 bridgehead atoms. The molecular weight excluding hydrogens is 332 g/mol. The summed E-state index contributed by atoms with van der Waals surface area (Å²) in [4.78, 5) is 29.3. The molecule has 2 fully saturated rings. The van der Waals surface area contributed by atoms with Crippen LogP contribution in [0.25, 0.3) is 0 Å². The van der Waals surface area contributed by atoms with Gasteiger partial charge in [0.15, 0.2) is 0 Å². The largest absolute Gasteiger partial charge is 0.467 e. The molecule has 6 heteroatoms. The zero-order valence-electron chi connectivity index (χ0n) is 15.9. The van der Waals surface area contributed by atoms with Gasteiger partial charge in [-0.3, -0.25) is 9.59 Å². The average molecular weight is 362 g/mol.